The Morgan fingerprint density at radius 2 is 1.24 bits per heavy atom. The molecule has 6 heteroatoms. The first-order valence-electron chi connectivity index (χ1n) is 10.8. The molecular weight excluding hydrogens is 410 g/mol. The van der Waals surface area contributed by atoms with Crippen LogP contribution in [0.1, 0.15) is 22.4 Å². The highest BCUT2D eigenvalue weighted by atomic mass is 16.1. The number of nitrogens with one attached hydrogen (secondary N) is 3. The molecule has 33 heavy (non-hydrogen) atoms. The molecule has 0 bridgehead atoms. The van der Waals surface area contributed by atoms with E-state index in [4.69, 9.17) is 0 Å². The van der Waals surface area contributed by atoms with Gasteiger partial charge in [0.1, 0.15) is 5.82 Å². The monoisotopic (exact) mass is 437 g/mol. The van der Waals surface area contributed by atoms with Crippen molar-refractivity contribution in [2.45, 2.75) is 27.2 Å². The fourth-order valence-electron chi connectivity index (χ4n) is 3.34. The van der Waals surface area contributed by atoms with Gasteiger partial charge in [0, 0.05) is 28.8 Å². The molecule has 4 rings (SSSR count). The molecule has 1 aromatic heterocycles. The minimum atomic E-state index is -0.0478. The molecule has 1 amide bonds. The third kappa shape index (κ3) is 6.40. The number of hydrogen-bond donors (Lipinski definition) is 3. The van der Waals surface area contributed by atoms with E-state index in [0.29, 0.717) is 18.2 Å². The number of aryl methyl sites for hydroxylation is 3. The largest absolute Gasteiger partial charge is 0.340 e. The maximum Gasteiger partial charge on any atom is 0.229 e. The molecule has 0 atom stereocenters. The molecule has 0 saturated carbocycles. The van der Waals surface area contributed by atoms with Crippen molar-refractivity contribution in [1.82, 2.24) is 9.97 Å². The van der Waals surface area contributed by atoms with Gasteiger partial charge >= 0.3 is 0 Å². The molecule has 3 N–H and O–H groups in total. The molecule has 0 spiro atoms. The quantitative estimate of drug-likeness (QED) is 0.327. The Morgan fingerprint density at radius 3 is 1.91 bits per heavy atom. The molecule has 1 heterocycles. The standard InChI is InChI=1S/C27H27N5O/c1-18-4-8-21(9-5-18)17-26(33)30-23-12-14-24(15-13-23)31-27-28-20(3)16-25(32-27)29-22-10-6-19(2)7-11-22/h4-16H,17H2,1-3H3,(H,30,33)(H2,28,29,31,32). The average molecular weight is 438 g/mol. The van der Waals surface area contributed by atoms with Crippen LogP contribution < -0.4 is 16.0 Å². The summed E-state index contributed by atoms with van der Waals surface area (Å²) in [6, 6.07) is 25.5. The van der Waals surface area contributed by atoms with E-state index in [1.165, 1.54) is 11.1 Å². The van der Waals surface area contributed by atoms with Gasteiger partial charge in [-0.1, -0.05) is 47.5 Å². The van der Waals surface area contributed by atoms with E-state index >= 15 is 0 Å². The van der Waals surface area contributed by atoms with Crippen LogP contribution in [0, 0.1) is 20.8 Å². The molecule has 0 fully saturated rings. The SMILES string of the molecule is Cc1ccc(CC(=O)Nc2ccc(Nc3nc(C)cc(Nc4ccc(C)cc4)n3)cc2)cc1. The van der Waals surface area contributed by atoms with Crippen LogP contribution in [0.3, 0.4) is 0 Å². The van der Waals surface area contributed by atoms with Gasteiger partial charge in [-0.2, -0.15) is 4.98 Å². The van der Waals surface area contributed by atoms with Crippen molar-refractivity contribution in [2.24, 2.45) is 0 Å². The van der Waals surface area contributed by atoms with Crippen LogP contribution in [0.4, 0.5) is 28.8 Å². The number of carbonyl (C=O) groups excluding carboxylic acids is 1. The molecule has 0 saturated heterocycles. The molecular formula is C27H27N5O. The van der Waals surface area contributed by atoms with Crippen LogP contribution in [0.5, 0.6) is 0 Å². The summed E-state index contributed by atoms with van der Waals surface area (Å²) >= 11 is 0. The van der Waals surface area contributed by atoms with Gasteiger partial charge in [-0.05, 0) is 62.7 Å². The number of hydrogen-bond acceptors (Lipinski definition) is 5. The third-order valence-electron chi connectivity index (χ3n) is 5.09. The number of benzene rings is 3. The van der Waals surface area contributed by atoms with Crippen molar-refractivity contribution in [1.29, 1.82) is 0 Å². The Morgan fingerprint density at radius 1 is 0.697 bits per heavy atom. The van der Waals surface area contributed by atoms with Crippen LogP contribution >= 0.6 is 0 Å². The zero-order valence-corrected chi connectivity index (χ0v) is 19.0. The molecule has 166 valence electrons. The van der Waals surface area contributed by atoms with E-state index in [0.717, 1.165) is 28.3 Å². The van der Waals surface area contributed by atoms with E-state index in [2.05, 4.69) is 45.0 Å². The normalized spacial score (nSPS) is 10.5. The van der Waals surface area contributed by atoms with E-state index in [1.54, 1.807) is 0 Å². The molecule has 0 radical (unpaired) electrons. The van der Waals surface area contributed by atoms with Crippen LogP contribution in [-0.2, 0) is 11.2 Å². The smallest absolute Gasteiger partial charge is 0.229 e. The fourth-order valence-corrected chi connectivity index (χ4v) is 3.34. The summed E-state index contributed by atoms with van der Waals surface area (Å²) in [5.41, 5.74) is 6.76. The summed E-state index contributed by atoms with van der Waals surface area (Å²) in [5, 5.41) is 9.48. The maximum absolute atomic E-state index is 12.3. The van der Waals surface area contributed by atoms with Gasteiger partial charge in [0.25, 0.3) is 0 Å². The molecule has 3 aromatic carbocycles. The Hall–Kier alpha value is -4.19. The fraction of sp³-hybridized carbons (Fsp3) is 0.148. The Bertz CT molecular complexity index is 1230. The van der Waals surface area contributed by atoms with Crippen molar-refractivity contribution in [2.75, 3.05) is 16.0 Å². The highest BCUT2D eigenvalue weighted by Crippen LogP contribution is 2.21. The second-order valence-electron chi connectivity index (χ2n) is 8.12. The van der Waals surface area contributed by atoms with Gasteiger partial charge in [0.2, 0.25) is 11.9 Å². The van der Waals surface area contributed by atoms with Gasteiger partial charge in [-0.25, -0.2) is 4.98 Å². The summed E-state index contributed by atoms with van der Waals surface area (Å²) < 4.78 is 0. The van der Waals surface area contributed by atoms with E-state index in [1.807, 2.05) is 80.6 Å². The first-order valence-corrected chi connectivity index (χ1v) is 10.8. The number of nitrogens with zero attached hydrogens (tertiary/aromatic N) is 2. The molecule has 4 aromatic rings. The lowest BCUT2D eigenvalue weighted by Gasteiger charge is -2.11. The van der Waals surface area contributed by atoms with Gasteiger partial charge in [0.15, 0.2) is 0 Å². The lowest BCUT2D eigenvalue weighted by Crippen LogP contribution is -2.14. The van der Waals surface area contributed by atoms with Crippen molar-refractivity contribution in [3.63, 3.8) is 0 Å². The maximum atomic E-state index is 12.3. The van der Waals surface area contributed by atoms with Gasteiger partial charge < -0.3 is 16.0 Å². The third-order valence-corrected chi connectivity index (χ3v) is 5.09. The van der Waals surface area contributed by atoms with Gasteiger partial charge in [0.05, 0.1) is 6.42 Å². The first-order chi connectivity index (χ1) is 15.9. The van der Waals surface area contributed by atoms with Crippen LogP contribution in [0.25, 0.3) is 0 Å². The highest BCUT2D eigenvalue weighted by molar-refractivity contribution is 5.92. The van der Waals surface area contributed by atoms with E-state index in [9.17, 15) is 4.79 Å². The van der Waals surface area contributed by atoms with Crippen molar-refractivity contribution in [3.05, 3.63) is 101 Å². The molecule has 0 aliphatic rings. The summed E-state index contributed by atoms with van der Waals surface area (Å²) in [4.78, 5) is 21.4. The van der Waals surface area contributed by atoms with Crippen LogP contribution in [0.2, 0.25) is 0 Å². The van der Waals surface area contributed by atoms with Gasteiger partial charge in [-0.15, -0.1) is 0 Å². The lowest BCUT2D eigenvalue weighted by atomic mass is 10.1. The van der Waals surface area contributed by atoms with E-state index in [-0.39, 0.29) is 5.91 Å². The zero-order chi connectivity index (χ0) is 23.2. The van der Waals surface area contributed by atoms with Crippen molar-refractivity contribution >= 4 is 34.7 Å². The number of amides is 1. The Balaban J connectivity index is 1.38. The predicted molar refractivity (Wildman–Crippen MR) is 134 cm³/mol. The summed E-state index contributed by atoms with van der Waals surface area (Å²) in [6.07, 6.45) is 0.341. The second kappa shape index (κ2) is 9.96. The van der Waals surface area contributed by atoms with Crippen molar-refractivity contribution in [3.8, 4) is 0 Å². The van der Waals surface area contributed by atoms with Crippen molar-refractivity contribution < 1.29 is 4.79 Å². The number of aromatic nitrogens is 2. The minimum Gasteiger partial charge on any atom is -0.340 e. The summed E-state index contributed by atoms with van der Waals surface area (Å²) in [7, 11) is 0. The van der Waals surface area contributed by atoms with E-state index < -0.39 is 0 Å². The number of anilines is 5. The Kier molecular flexibility index (Phi) is 6.64. The van der Waals surface area contributed by atoms with Crippen LogP contribution in [0.15, 0.2) is 78.9 Å². The summed E-state index contributed by atoms with van der Waals surface area (Å²) in [6.45, 7) is 6.02. The van der Waals surface area contributed by atoms with Gasteiger partial charge in [-0.3, -0.25) is 4.79 Å². The predicted octanol–water partition coefficient (Wildman–Crippen LogP) is 6.07. The minimum absolute atomic E-state index is 0.0478. The molecule has 6 nitrogen and oxygen atoms in total. The first kappa shape index (κ1) is 22.0. The number of rotatable bonds is 7. The topological polar surface area (TPSA) is 78.9 Å². The molecule has 0 aliphatic carbocycles. The zero-order valence-electron chi connectivity index (χ0n) is 19.0. The summed E-state index contributed by atoms with van der Waals surface area (Å²) in [5.74, 6) is 1.17. The average Bonchev–Trinajstić information content (AvgIpc) is 2.78. The molecule has 0 aliphatic heterocycles. The molecule has 0 unspecified atom stereocenters. The van der Waals surface area contributed by atoms with Crippen LogP contribution in [-0.4, -0.2) is 15.9 Å². The highest BCUT2D eigenvalue weighted by Gasteiger charge is 2.06. The Labute approximate surface area is 194 Å². The number of carbonyl (C=O) groups is 1. The lowest BCUT2D eigenvalue weighted by molar-refractivity contribution is -0.115. The second-order valence-corrected chi connectivity index (χ2v) is 8.12.